The van der Waals surface area contributed by atoms with Gasteiger partial charge in [0.05, 0.1) is 11.3 Å². The standard InChI is InChI=1S/C22H19F6N3O3S/c1-34-12-31(35(32,33)19-3-2-10-21(24,25)30-19)18-9-8-17(22(26,27)28)20(29-18)16-11-14(23)6-7-15(16)13-4-5-13/h2-3,6-11,13,30H,4-5,12H2,1H3. The second kappa shape index (κ2) is 8.86. The Balaban J connectivity index is 1.88. The molecular formula is C22H19F6N3O3S. The number of dihydropyridines is 1. The molecule has 1 aliphatic heterocycles. The Bertz CT molecular complexity index is 1300. The summed E-state index contributed by atoms with van der Waals surface area (Å²) in [5, 5.41) is 0.654. The van der Waals surface area contributed by atoms with Crippen molar-refractivity contribution in [2.45, 2.75) is 31.0 Å². The molecule has 1 saturated carbocycles. The van der Waals surface area contributed by atoms with E-state index in [1.54, 1.807) is 5.32 Å². The van der Waals surface area contributed by atoms with Crippen LogP contribution in [-0.4, -0.2) is 33.3 Å². The summed E-state index contributed by atoms with van der Waals surface area (Å²) in [4.78, 5) is 3.96. The van der Waals surface area contributed by atoms with Gasteiger partial charge in [-0.05, 0) is 54.7 Å². The van der Waals surface area contributed by atoms with Gasteiger partial charge < -0.3 is 10.1 Å². The van der Waals surface area contributed by atoms with E-state index in [9.17, 15) is 34.8 Å². The van der Waals surface area contributed by atoms with Crippen LogP contribution in [0.15, 0.2) is 53.6 Å². The third kappa shape index (κ3) is 5.15. The number of pyridine rings is 1. The Morgan fingerprint density at radius 2 is 1.91 bits per heavy atom. The maximum Gasteiger partial charge on any atom is 0.418 e. The molecule has 0 unspecified atom stereocenters. The number of alkyl halides is 5. The fourth-order valence-electron chi connectivity index (χ4n) is 3.65. The smallest absolute Gasteiger partial charge is 0.363 e. The van der Waals surface area contributed by atoms with Gasteiger partial charge in [0.1, 0.15) is 18.4 Å². The van der Waals surface area contributed by atoms with Gasteiger partial charge in [-0.2, -0.15) is 30.4 Å². The first-order valence-electron chi connectivity index (χ1n) is 10.3. The molecule has 35 heavy (non-hydrogen) atoms. The van der Waals surface area contributed by atoms with Crippen molar-refractivity contribution in [2.75, 3.05) is 18.1 Å². The van der Waals surface area contributed by atoms with Crippen LogP contribution in [-0.2, 0) is 20.9 Å². The van der Waals surface area contributed by atoms with E-state index in [1.165, 1.54) is 6.07 Å². The van der Waals surface area contributed by atoms with Crippen LogP contribution >= 0.6 is 0 Å². The number of sulfonamides is 1. The molecule has 0 bridgehead atoms. The number of hydrogen-bond donors (Lipinski definition) is 1. The number of halogens is 6. The molecule has 0 amide bonds. The van der Waals surface area contributed by atoms with Crippen LogP contribution in [0.1, 0.15) is 29.9 Å². The van der Waals surface area contributed by atoms with Crippen LogP contribution in [0.2, 0.25) is 0 Å². The van der Waals surface area contributed by atoms with Crippen molar-refractivity contribution in [2.24, 2.45) is 0 Å². The molecular weight excluding hydrogens is 500 g/mol. The van der Waals surface area contributed by atoms with Gasteiger partial charge in [-0.15, -0.1) is 0 Å². The van der Waals surface area contributed by atoms with Crippen LogP contribution in [0.25, 0.3) is 11.3 Å². The second-order valence-electron chi connectivity index (χ2n) is 7.98. The molecule has 13 heteroatoms. The Hall–Kier alpha value is -3.06. The number of aromatic nitrogens is 1. The number of hydrogen-bond acceptors (Lipinski definition) is 5. The highest BCUT2D eigenvalue weighted by Gasteiger charge is 2.40. The molecule has 1 aliphatic carbocycles. The zero-order valence-electron chi connectivity index (χ0n) is 18.1. The molecule has 1 aromatic heterocycles. The lowest BCUT2D eigenvalue weighted by molar-refractivity contribution is -0.137. The van der Waals surface area contributed by atoms with E-state index in [1.807, 2.05) is 0 Å². The van der Waals surface area contributed by atoms with Crippen LogP contribution < -0.4 is 9.62 Å². The number of ether oxygens (including phenoxy) is 1. The molecule has 1 fully saturated rings. The molecule has 0 spiro atoms. The van der Waals surface area contributed by atoms with E-state index in [2.05, 4.69) is 4.98 Å². The Kier molecular flexibility index (Phi) is 6.34. The molecule has 2 aliphatic rings. The lowest BCUT2D eigenvalue weighted by Crippen LogP contribution is -2.44. The maximum absolute atomic E-state index is 14.1. The summed E-state index contributed by atoms with van der Waals surface area (Å²) >= 11 is 0. The molecule has 188 valence electrons. The molecule has 1 aromatic carbocycles. The van der Waals surface area contributed by atoms with Gasteiger partial charge in [0.2, 0.25) is 0 Å². The first-order valence-corrected chi connectivity index (χ1v) is 11.7. The molecule has 1 N–H and O–H groups in total. The number of allylic oxidation sites excluding steroid dienone is 2. The summed E-state index contributed by atoms with van der Waals surface area (Å²) in [6.45, 7) is -0.743. The predicted molar refractivity (Wildman–Crippen MR) is 115 cm³/mol. The monoisotopic (exact) mass is 519 g/mol. The van der Waals surface area contributed by atoms with Gasteiger partial charge >= 0.3 is 12.2 Å². The van der Waals surface area contributed by atoms with Gasteiger partial charge in [0.25, 0.3) is 10.0 Å². The number of rotatable bonds is 7. The molecule has 4 rings (SSSR count). The minimum atomic E-state index is -4.89. The topological polar surface area (TPSA) is 71.5 Å². The van der Waals surface area contributed by atoms with Gasteiger partial charge in [-0.1, -0.05) is 12.1 Å². The summed E-state index contributed by atoms with van der Waals surface area (Å²) in [5.41, 5.74) is -1.55. The highest BCUT2D eigenvalue weighted by molar-refractivity contribution is 7.96. The van der Waals surface area contributed by atoms with Crippen molar-refractivity contribution in [3.63, 3.8) is 0 Å². The summed E-state index contributed by atoms with van der Waals surface area (Å²) in [5.74, 6) is -1.40. The van der Waals surface area contributed by atoms with Crippen LogP contribution in [0.5, 0.6) is 0 Å². The minimum Gasteiger partial charge on any atom is -0.363 e. The highest BCUT2D eigenvalue weighted by atomic mass is 32.2. The van der Waals surface area contributed by atoms with Gasteiger partial charge in [-0.25, -0.2) is 13.7 Å². The Labute approximate surface area is 197 Å². The van der Waals surface area contributed by atoms with Crippen LogP contribution in [0.3, 0.4) is 0 Å². The third-order valence-electron chi connectivity index (χ3n) is 5.39. The van der Waals surface area contributed by atoms with Crippen molar-refractivity contribution in [3.8, 4) is 11.3 Å². The summed E-state index contributed by atoms with van der Waals surface area (Å²) < 4.78 is 115. The molecule has 0 saturated heterocycles. The third-order valence-corrected chi connectivity index (χ3v) is 7.05. The minimum absolute atomic E-state index is 0.0819. The number of nitrogens with zero attached hydrogens (tertiary/aromatic N) is 2. The van der Waals surface area contributed by atoms with Crippen molar-refractivity contribution in [3.05, 3.63) is 70.5 Å². The first kappa shape index (κ1) is 25.0. The quantitative estimate of drug-likeness (QED) is 0.313. The lowest BCUT2D eigenvalue weighted by atomic mass is 9.97. The zero-order chi connectivity index (χ0) is 25.6. The number of anilines is 1. The second-order valence-corrected chi connectivity index (χ2v) is 9.81. The largest absolute Gasteiger partial charge is 0.418 e. The fraction of sp³-hybridized carbons (Fsp3) is 0.318. The molecule has 2 aromatic rings. The normalized spacial score (nSPS) is 17.6. The Morgan fingerprint density at radius 3 is 2.51 bits per heavy atom. The van der Waals surface area contributed by atoms with Crippen molar-refractivity contribution in [1.29, 1.82) is 0 Å². The number of methoxy groups -OCH3 is 1. The van der Waals surface area contributed by atoms with Crippen LogP contribution in [0.4, 0.5) is 32.2 Å². The summed E-state index contributed by atoms with van der Waals surface area (Å²) in [6, 6.07) is 1.16. The van der Waals surface area contributed by atoms with Gasteiger partial charge in [0, 0.05) is 18.7 Å². The van der Waals surface area contributed by atoms with E-state index >= 15 is 0 Å². The van der Waals surface area contributed by atoms with E-state index < -0.39 is 56.9 Å². The average molecular weight is 519 g/mol. The SMILES string of the molecule is COCN(c1ccc(C(F)(F)F)c(-c2cc(F)ccc2C2CC2)n1)S(=O)(=O)C1=CC=CC(F)(F)N1. The zero-order valence-corrected chi connectivity index (χ0v) is 18.9. The van der Waals surface area contributed by atoms with E-state index in [0.717, 1.165) is 37.5 Å². The molecule has 0 atom stereocenters. The molecule has 2 heterocycles. The number of nitrogens with one attached hydrogen (secondary N) is 1. The van der Waals surface area contributed by atoms with E-state index in [0.29, 0.717) is 34.9 Å². The number of benzene rings is 1. The van der Waals surface area contributed by atoms with Crippen molar-refractivity contribution in [1.82, 2.24) is 10.3 Å². The van der Waals surface area contributed by atoms with Gasteiger partial charge in [0.15, 0.2) is 5.03 Å². The molecule has 6 nitrogen and oxygen atoms in total. The summed E-state index contributed by atoms with van der Waals surface area (Å²) in [6.07, 6.45) is -1.35. The van der Waals surface area contributed by atoms with Crippen molar-refractivity contribution >= 4 is 15.8 Å². The average Bonchev–Trinajstić information content (AvgIpc) is 3.61. The first-order chi connectivity index (χ1) is 16.3. The Morgan fingerprint density at radius 1 is 1.20 bits per heavy atom. The summed E-state index contributed by atoms with van der Waals surface area (Å²) in [7, 11) is -3.66. The van der Waals surface area contributed by atoms with Crippen molar-refractivity contribution < 1.29 is 39.5 Å². The lowest BCUT2D eigenvalue weighted by Gasteiger charge is -2.28. The predicted octanol–water partition coefficient (Wildman–Crippen LogP) is 5.12. The van der Waals surface area contributed by atoms with E-state index in [4.69, 9.17) is 4.74 Å². The highest BCUT2D eigenvalue weighted by Crippen LogP contribution is 2.47. The van der Waals surface area contributed by atoms with E-state index in [-0.39, 0.29) is 11.5 Å². The maximum atomic E-state index is 14.1. The van der Waals surface area contributed by atoms with Crippen LogP contribution in [0, 0.1) is 5.82 Å². The fourth-order valence-corrected chi connectivity index (χ4v) is 5.00. The van der Waals surface area contributed by atoms with Gasteiger partial charge in [-0.3, -0.25) is 0 Å². The molecule has 0 radical (unpaired) electrons.